The molecule has 1 aliphatic heterocycles. The Morgan fingerprint density at radius 1 is 1.06 bits per heavy atom. The molecule has 4 rings (SSSR count). The molecule has 0 saturated carbocycles. The molecule has 3 aromatic rings. The third kappa shape index (κ3) is 5.07. The predicted octanol–water partition coefficient (Wildman–Crippen LogP) is 6.94. The van der Waals surface area contributed by atoms with E-state index in [1.807, 2.05) is 0 Å². The summed E-state index contributed by atoms with van der Waals surface area (Å²) in [6, 6.07) is 6.19. The number of nitrogens with zero attached hydrogens (tertiary/aromatic N) is 3. The molecule has 1 aromatic carbocycles. The van der Waals surface area contributed by atoms with Gasteiger partial charge in [0.25, 0.3) is 0 Å². The van der Waals surface area contributed by atoms with Gasteiger partial charge in [0, 0.05) is 23.7 Å². The topological polar surface area (TPSA) is 78.9 Å². The highest BCUT2D eigenvalue weighted by atomic mass is 35.5. The number of amidine groups is 1. The number of aliphatic imine (C=N–C) groups is 1. The van der Waals surface area contributed by atoms with Gasteiger partial charge in [-0.1, -0.05) is 23.7 Å². The molecule has 1 N–H and O–H groups in total. The molecule has 3 heterocycles. The van der Waals surface area contributed by atoms with Crippen molar-refractivity contribution in [1.82, 2.24) is 9.88 Å². The van der Waals surface area contributed by atoms with E-state index in [2.05, 4.69) is 9.98 Å². The zero-order chi connectivity index (χ0) is 25.5. The van der Waals surface area contributed by atoms with E-state index in [0.29, 0.717) is 30.4 Å². The molecular weight excluding hydrogens is 504 g/mol. The lowest BCUT2D eigenvalue weighted by Gasteiger charge is -2.30. The number of benzene rings is 1. The Morgan fingerprint density at radius 3 is 2.23 bits per heavy atom. The van der Waals surface area contributed by atoms with Gasteiger partial charge >= 0.3 is 18.3 Å². The minimum atomic E-state index is -5.09. The molecule has 0 atom stereocenters. The summed E-state index contributed by atoms with van der Waals surface area (Å²) in [5.41, 5.74) is -3.36. The van der Waals surface area contributed by atoms with E-state index in [-0.39, 0.29) is 24.3 Å². The monoisotopic (exact) mass is 519 g/mol. The highest BCUT2D eigenvalue weighted by molar-refractivity contribution is 6.30. The SMILES string of the molecule is O=C(O)c1oc2nc(-c3ccc(Cl)cc3)cc(C(F)(F)F)c2c1N=C(N1CCCCC1)C(F)(F)F. The van der Waals surface area contributed by atoms with Crippen LogP contribution in [0.4, 0.5) is 32.0 Å². The fraction of sp³-hybridized carbons (Fsp3) is 0.318. The molecule has 0 spiro atoms. The van der Waals surface area contributed by atoms with Gasteiger partial charge in [-0.05, 0) is 37.5 Å². The van der Waals surface area contributed by atoms with Gasteiger partial charge in [-0.3, -0.25) is 0 Å². The Morgan fingerprint density at radius 2 is 1.69 bits per heavy atom. The number of aromatic nitrogens is 1. The summed E-state index contributed by atoms with van der Waals surface area (Å²) < 4.78 is 88.9. The number of carbonyl (C=O) groups is 1. The van der Waals surface area contributed by atoms with Gasteiger partial charge in [-0.25, -0.2) is 14.8 Å². The summed E-state index contributed by atoms with van der Waals surface area (Å²) in [4.78, 5) is 20.1. The average Bonchev–Trinajstić information content (AvgIpc) is 3.15. The first-order valence-electron chi connectivity index (χ1n) is 10.3. The molecule has 2 aromatic heterocycles. The van der Waals surface area contributed by atoms with Crippen LogP contribution in [0.5, 0.6) is 0 Å². The van der Waals surface area contributed by atoms with Crippen molar-refractivity contribution >= 4 is 40.2 Å². The normalized spacial score (nSPS) is 15.6. The highest BCUT2D eigenvalue weighted by Gasteiger charge is 2.43. The molecule has 1 aliphatic rings. The number of aromatic carboxylic acids is 1. The van der Waals surface area contributed by atoms with Crippen molar-refractivity contribution in [2.75, 3.05) is 13.1 Å². The molecular formula is C22H16ClF6N3O3. The molecule has 1 saturated heterocycles. The van der Waals surface area contributed by atoms with Crippen LogP contribution in [0.25, 0.3) is 22.4 Å². The summed E-state index contributed by atoms with van der Waals surface area (Å²) in [6.07, 6.45) is -8.60. The number of halogens is 7. The van der Waals surface area contributed by atoms with Gasteiger partial charge in [0.1, 0.15) is 5.69 Å². The lowest BCUT2D eigenvalue weighted by atomic mass is 10.1. The second-order valence-corrected chi connectivity index (χ2v) is 8.24. The third-order valence-electron chi connectivity index (χ3n) is 5.40. The summed E-state index contributed by atoms with van der Waals surface area (Å²) >= 11 is 5.81. The van der Waals surface area contributed by atoms with E-state index in [1.54, 1.807) is 0 Å². The number of pyridine rings is 1. The van der Waals surface area contributed by atoms with Crippen LogP contribution in [0.3, 0.4) is 0 Å². The van der Waals surface area contributed by atoms with E-state index in [0.717, 1.165) is 4.90 Å². The Labute approximate surface area is 198 Å². The van der Waals surface area contributed by atoms with Crippen molar-refractivity contribution in [3.8, 4) is 11.3 Å². The van der Waals surface area contributed by atoms with Crippen molar-refractivity contribution in [3.63, 3.8) is 0 Å². The van der Waals surface area contributed by atoms with Gasteiger partial charge in [-0.15, -0.1) is 0 Å². The molecule has 0 unspecified atom stereocenters. The fourth-order valence-corrected chi connectivity index (χ4v) is 3.98. The van der Waals surface area contributed by atoms with Crippen LogP contribution in [0.1, 0.15) is 35.4 Å². The van der Waals surface area contributed by atoms with Gasteiger partial charge < -0.3 is 14.4 Å². The molecule has 0 amide bonds. The van der Waals surface area contributed by atoms with E-state index in [4.69, 9.17) is 16.0 Å². The van der Waals surface area contributed by atoms with E-state index < -0.39 is 52.3 Å². The van der Waals surface area contributed by atoms with Gasteiger partial charge in [-0.2, -0.15) is 26.3 Å². The van der Waals surface area contributed by atoms with Crippen LogP contribution in [0.15, 0.2) is 39.7 Å². The maximum Gasteiger partial charge on any atom is 0.449 e. The van der Waals surface area contributed by atoms with Gasteiger partial charge in [0.05, 0.1) is 16.6 Å². The second kappa shape index (κ2) is 9.06. The number of carboxylic acid groups (broad SMARTS) is 1. The number of furan rings is 1. The Bertz CT molecular complexity index is 1290. The second-order valence-electron chi connectivity index (χ2n) is 7.81. The highest BCUT2D eigenvalue weighted by Crippen LogP contribution is 2.44. The fourth-order valence-electron chi connectivity index (χ4n) is 3.85. The molecule has 1 fully saturated rings. The summed E-state index contributed by atoms with van der Waals surface area (Å²) in [5.74, 6) is -4.55. The lowest BCUT2D eigenvalue weighted by molar-refractivity contribution is -0.136. The van der Waals surface area contributed by atoms with Crippen molar-refractivity contribution < 1.29 is 40.7 Å². The first-order chi connectivity index (χ1) is 16.4. The smallest absolute Gasteiger partial charge is 0.449 e. The quantitative estimate of drug-likeness (QED) is 0.230. The standard InChI is InChI=1S/C22H16ClF6N3O3/c23-12-6-4-11(5-7-12)14-10-13(21(24,25)26)15-16(17(19(33)34)35-18(15)30-14)31-20(22(27,28)29)32-8-2-1-3-9-32/h4-7,10H,1-3,8-9H2,(H,33,34). The molecule has 13 heteroatoms. The number of alkyl halides is 6. The average molecular weight is 520 g/mol. The van der Waals surface area contributed by atoms with Crippen molar-refractivity contribution in [1.29, 1.82) is 0 Å². The molecule has 35 heavy (non-hydrogen) atoms. The van der Waals surface area contributed by atoms with Crippen molar-refractivity contribution in [2.45, 2.75) is 31.6 Å². The van der Waals surface area contributed by atoms with E-state index >= 15 is 0 Å². The number of piperidine rings is 1. The van der Waals surface area contributed by atoms with Crippen LogP contribution in [-0.4, -0.2) is 46.1 Å². The Balaban J connectivity index is 2.02. The number of rotatable bonds is 3. The minimum absolute atomic E-state index is 0.0262. The number of likely N-dealkylation sites (tertiary alicyclic amines) is 1. The first kappa shape index (κ1) is 24.8. The van der Waals surface area contributed by atoms with Crippen molar-refractivity contribution in [2.24, 2.45) is 4.99 Å². The van der Waals surface area contributed by atoms with Crippen LogP contribution in [-0.2, 0) is 6.18 Å². The molecule has 0 aliphatic carbocycles. The molecule has 0 bridgehead atoms. The number of fused-ring (bicyclic) bond motifs is 1. The zero-order valence-corrected chi connectivity index (χ0v) is 18.4. The minimum Gasteiger partial charge on any atom is -0.475 e. The zero-order valence-electron chi connectivity index (χ0n) is 17.7. The van der Waals surface area contributed by atoms with Crippen molar-refractivity contribution in [3.05, 3.63) is 46.7 Å². The molecule has 186 valence electrons. The maximum atomic E-state index is 14.1. The summed E-state index contributed by atoms with van der Waals surface area (Å²) in [5, 5.41) is 8.87. The number of hydrogen-bond donors (Lipinski definition) is 1. The summed E-state index contributed by atoms with van der Waals surface area (Å²) in [7, 11) is 0. The number of carboxylic acids is 1. The number of hydrogen-bond acceptors (Lipinski definition) is 4. The third-order valence-corrected chi connectivity index (χ3v) is 5.66. The molecule has 6 nitrogen and oxygen atoms in total. The summed E-state index contributed by atoms with van der Waals surface area (Å²) in [6.45, 7) is -0.0523. The molecule has 0 radical (unpaired) electrons. The van der Waals surface area contributed by atoms with Crippen LogP contribution in [0, 0.1) is 0 Å². The maximum absolute atomic E-state index is 14.1. The predicted molar refractivity (Wildman–Crippen MR) is 115 cm³/mol. The van der Waals surface area contributed by atoms with Gasteiger partial charge in [0.15, 0.2) is 0 Å². The lowest BCUT2D eigenvalue weighted by Crippen LogP contribution is -2.43. The van der Waals surface area contributed by atoms with Crippen LogP contribution < -0.4 is 0 Å². The largest absolute Gasteiger partial charge is 0.475 e. The van der Waals surface area contributed by atoms with Gasteiger partial charge in [0.2, 0.25) is 17.3 Å². The van der Waals surface area contributed by atoms with Crippen LogP contribution in [0.2, 0.25) is 5.02 Å². The Kier molecular flexibility index (Phi) is 6.43. The van der Waals surface area contributed by atoms with E-state index in [9.17, 15) is 36.2 Å². The van der Waals surface area contributed by atoms with Crippen LogP contribution >= 0.6 is 11.6 Å². The first-order valence-corrected chi connectivity index (χ1v) is 10.7. The van der Waals surface area contributed by atoms with E-state index in [1.165, 1.54) is 24.3 Å². The Hall–Kier alpha value is -3.28.